The van der Waals surface area contributed by atoms with E-state index >= 15 is 0 Å². The van der Waals surface area contributed by atoms with Crippen LogP contribution in [0.25, 0.3) is 0 Å². The molecule has 0 N–H and O–H groups in total. The average molecular weight is 259 g/mol. The van der Waals surface area contributed by atoms with Crippen LogP contribution in [0.3, 0.4) is 0 Å². The van der Waals surface area contributed by atoms with Gasteiger partial charge in [0.15, 0.2) is 0 Å². The van der Waals surface area contributed by atoms with Crippen molar-refractivity contribution in [1.82, 2.24) is 0 Å². The lowest BCUT2D eigenvalue weighted by Crippen LogP contribution is -2.17. The van der Waals surface area contributed by atoms with Crippen molar-refractivity contribution < 1.29 is 4.79 Å². The van der Waals surface area contributed by atoms with Crippen LogP contribution in [0, 0.1) is 0 Å². The summed E-state index contributed by atoms with van der Waals surface area (Å²) >= 11 is 5.23. The molecule has 0 aromatic carbocycles. The van der Waals surface area contributed by atoms with Crippen molar-refractivity contribution in [3.63, 3.8) is 0 Å². The van der Waals surface area contributed by atoms with Crippen LogP contribution in [0.1, 0.15) is 31.7 Å². The van der Waals surface area contributed by atoms with E-state index in [9.17, 15) is 4.79 Å². The fourth-order valence-corrected chi connectivity index (χ4v) is 3.90. The average Bonchev–Trinajstić information content (AvgIpc) is 2.59. The molecule has 1 aliphatic carbocycles. The second-order valence-electron chi connectivity index (χ2n) is 3.91. The zero-order chi connectivity index (χ0) is 9.47. The minimum atomic E-state index is 0.0932. The van der Waals surface area contributed by atoms with Crippen molar-refractivity contribution in [2.24, 2.45) is 0 Å². The van der Waals surface area contributed by atoms with Crippen LogP contribution in [-0.4, -0.2) is 5.78 Å². The molecule has 0 radical (unpaired) electrons. The van der Waals surface area contributed by atoms with Gasteiger partial charge in [0.05, 0.1) is 0 Å². The Kier molecular flexibility index (Phi) is 2.32. The maximum atomic E-state index is 11.3. The minimum Gasteiger partial charge on any atom is -0.300 e. The number of hydrogen-bond acceptors (Lipinski definition) is 2. The number of thiophene rings is 1. The second kappa shape index (κ2) is 3.21. The Morgan fingerprint density at radius 2 is 2.31 bits per heavy atom. The van der Waals surface area contributed by atoms with Crippen molar-refractivity contribution in [1.29, 1.82) is 0 Å². The van der Waals surface area contributed by atoms with Crippen molar-refractivity contribution in [2.45, 2.75) is 31.6 Å². The first-order valence-corrected chi connectivity index (χ1v) is 6.09. The quantitative estimate of drug-likeness (QED) is 0.754. The lowest BCUT2D eigenvalue weighted by Gasteiger charge is -2.21. The first kappa shape index (κ1) is 9.41. The van der Waals surface area contributed by atoms with Gasteiger partial charge in [0.1, 0.15) is 5.78 Å². The Balaban J connectivity index is 2.35. The van der Waals surface area contributed by atoms with Crippen LogP contribution in [-0.2, 0) is 10.2 Å². The summed E-state index contributed by atoms with van der Waals surface area (Å²) < 4.78 is 1.16. The van der Waals surface area contributed by atoms with Gasteiger partial charge in [0.2, 0.25) is 0 Å². The molecule has 1 unspecified atom stereocenters. The molecule has 1 saturated carbocycles. The maximum absolute atomic E-state index is 11.3. The highest BCUT2D eigenvalue weighted by molar-refractivity contribution is 9.10. The highest BCUT2D eigenvalue weighted by atomic mass is 79.9. The standard InChI is InChI=1S/C10H11BrOS/c1-10(3-2-7(12)4-10)8-5-13-6-9(8)11/h5-6H,2-4H2,1H3. The molecular weight excluding hydrogens is 248 g/mol. The second-order valence-corrected chi connectivity index (χ2v) is 5.51. The molecule has 70 valence electrons. The molecule has 3 heteroatoms. The van der Waals surface area contributed by atoms with Crippen molar-refractivity contribution in [3.05, 3.63) is 20.8 Å². The Morgan fingerprint density at radius 1 is 1.54 bits per heavy atom. The molecule has 0 spiro atoms. The van der Waals surface area contributed by atoms with E-state index in [1.807, 2.05) is 0 Å². The van der Waals surface area contributed by atoms with Crippen LogP contribution < -0.4 is 0 Å². The van der Waals surface area contributed by atoms with Crippen molar-refractivity contribution >= 4 is 33.0 Å². The molecule has 1 atom stereocenters. The molecule has 0 bridgehead atoms. The number of rotatable bonds is 1. The third-order valence-electron chi connectivity index (χ3n) is 2.81. The smallest absolute Gasteiger partial charge is 0.133 e. The highest BCUT2D eigenvalue weighted by Crippen LogP contribution is 2.43. The van der Waals surface area contributed by atoms with E-state index < -0.39 is 0 Å². The fraction of sp³-hybridized carbons (Fsp3) is 0.500. The summed E-state index contributed by atoms with van der Waals surface area (Å²) in [6.07, 6.45) is 2.46. The zero-order valence-corrected chi connectivity index (χ0v) is 9.87. The molecule has 0 amide bonds. The number of halogens is 1. The van der Waals surface area contributed by atoms with Gasteiger partial charge >= 0.3 is 0 Å². The van der Waals surface area contributed by atoms with Crippen molar-refractivity contribution in [3.8, 4) is 0 Å². The van der Waals surface area contributed by atoms with E-state index in [-0.39, 0.29) is 5.41 Å². The molecule has 0 saturated heterocycles. The van der Waals surface area contributed by atoms with Gasteiger partial charge in [-0.2, -0.15) is 11.3 Å². The maximum Gasteiger partial charge on any atom is 0.133 e. The summed E-state index contributed by atoms with van der Waals surface area (Å²) in [5.74, 6) is 0.403. The number of ketones is 1. The predicted octanol–water partition coefficient (Wildman–Crippen LogP) is 3.52. The van der Waals surface area contributed by atoms with Gasteiger partial charge in [0, 0.05) is 28.1 Å². The molecule has 1 aromatic heterocycles. The van der Waals surface area contributed by atoms with E-state index in [4.69, 9.17) is 0 Å². The summed E-state index contributed by atoms with van der Waals surface area (Å²) in [6, 6.07) is 0. The van der Waals surface area contributed by atoms with Gasteiger partial charge in [0.25, 0.3) is 0 Å². The van der Waals surface area contributed by atoms with Gasteiger partial charge in [-0.25, -0.2) is 0 Å². The Labute approximate surface area is 90.3 Å². The minimum absolute atomic E-state index is 0.0932. The monoisotopic (exact) mass is 258 g/mol. The third-order valence-corrected chi connectivity index (χ3v) is 4.51. The molecule has 1 fully saturated rings. The van der Waals surface area contributed by atoms with Crippen molar-refractivity contribution in [2.75, 3.05) is 0 Å². The van der Waals surface area contributed by atoms with Crippen LogP contribution in [0.15, 0.2) is 15.2 Å². The van der Waals surface area contributed by atoms with E-state index in [1.54, 1.807) is 11.3 Å². The first-order valence-electron chi connectivity index (χ1n) is 4.36. The lowest BCUT2D eigenvalue weighted by molar-refractivity contribution is -0.117. The molecule has 0 aliphatic heterocycles. The summed E-state index contributed by atoms with van der Waals surface area (Å²) in [5.41, 5.74) is 1.40. The van der Waals surface area contributed by atoms with E-state index in [0.29, 0.717) is 12.2 Å². The molecule has 1 aliphatic rings. The summed E-state index contributed by atoms with van der Waals surface area (Å²) in [7, 11) is 0. The zero-order valence-electron chi connectivity index (χ0n) is 7.47. The third kappa shape index (κ3) is 1.59. The van der Waals surface area contributed by atoms with Crippen LogP contribution in [0.5, 0.6) is 0 Å². The topological polar surface area (TPSA) is 17.1 Å². The molecule has 1 aromatic rings. The summed E-state index contributed by atoms with van der Waals surface area (Å²) in [6.45, 7) is 2.19. The predicted molar refractivity (Wildman–Crippen MR) is 58.2 cm³/mol. The van der Waals surface area contributed by atoms with Gasteiger partial charge in [-0.3, -0.25) is 4.79 Å². The fourth-order valence-electron chi connectivity index (χ4n) is 1.97. The first-order chi connectivity index (χ1) is 6.12. The van der Waals surface area contributed by atoms with Gasteiger partial charge in [-0.1, -0.05) is 6.92 Å². The number of hydrogen-bond donors (Lipinski definition) is 0. The summed E-state index contributed by atoms with van der Waals surface area (Å²) in [5, 5.41) is 4.24. The number of carbonyl (C=O) groups is 1. The Morgan fingerprint density at radius 3 is 2.77 bits per heavy atom. The summed E-state index contributed by atoms with van der Waals surface area (Å²) in [4.78, 5) is 11.3. The van der Waals surface area contributed by atoms with Gasteiger partial charge < -0.3 is 0 Å². The number of carbonyl (C=O) groups excluding carboxylic acids is 1. The molecule has 2 rings (SSSR count). The van der Waals surface area contributed by atoms with Gasteiger partial charge in [-0.05, 0) is 33.3 Å². The Bertz CT molecular complexity index is 344. The normalized spacial score (nSPS) is 28.3. The lowest BCUT2D eigenvalue weighted by atomic mass is 9.83. The molecule has 13 heavy (non-hydrogen) atoms. The molecule has 1 heterocycles. The van der Waals surface area contributed by atoms with Gasteiger partial charge in [-0.15, -0.1) is 0 Å². The van der Waals surface area contributed by atoms with Crippen LogP contribution in [0.4, 0.5) is 0 Å². The largest absolute Gasteiger partial charge is 0.300 e. The van der Waals surface area contributed by atoms with E-state index in [1.165, 1.54) is 5.56 Å². The SMILES string of the molecule is CC1(c2cscc2Br)CCC(=O)C1. The van der Waals surface area contributed by atoms with E-state index in [2.05, 4.69) is 33.6 Å². The number of Topliss-reactive ketones (excluding diaryl/α,β-unsaturated/α-hetero) is 1. The highest BCUT2D eigenvalue weighted by Gasteiger charge is 2.36. The Hall–Kier alpha value is -0.150. The molecule has 1 nitrogen and oxygen atoms in total. The molecular formula is C10H11BrOS. The van der Waals surface area contributed by atoms with E-state index in [0.717, 1.165) is 17.3 Å². The van der Waals surface area contributed by atoms with Crippen LogP contribution >= 0.6 is 27.3 Å². The van der Waals surface area contributed by atoms with Crippen LogP contribution in [0.2, 0.25) is 0 Å².